The van der Waals surface area contributed by atoms with Gasteiger partial charge in [-0.1, -0.05) is 0 Å². The van der Waals surface area contributed by atoms with Crippen LogP contribution in [0.15, 0.2) is 18.2 Å². The van der Waals surface area contributed by atoms with Gasteiger partial charge in [0.15, 0.2) is 5.75 Å². The minimum Gasteiger partial charge on any atom is -0.558 e. The van der Waals surface area contributed by atoms with Crippen LogP contribution in [-0.2, 0) is 14.0 Å². The van der Waals surface area contributed by atoms with Gasteiger partial charge in [0, 0.05) is 12.1 Å². The average Bonchev–Trinajstić information content (AvgIpc) is 2.35. The molecule has 0 saturated carbocycles. The Labute approximate surface area is 152 Å². The number of hydrogen-bond acceptors (Lipinski definition) is 7. The van der Waals surface area contributed by atoms with E-state index in [0.717, 1.165) is 26.4 Å². The van der Waals surface area contributed by atoms with Crippen molar-refractivity contribution in [1.29, 1.82) is 0 Å². The van der Waals surface area contributed by atoms with E-state index in [2.05, 4.69) is 14.0 Å². The standard InChI is InChI=1S/C10H9O7P.K/c1-15-9(11)6-3-7(10(12)16-2)5-8(4-6)17-18(13)14;/h3-5H,1-2H3;/q;+1. The van der Waals surface area contributed by atoms with Gasteiger partial charge in [0.2, 0.25) is 0 Å². The van der Waals surface area contributed by atoms with Crippen molar-refractivity contribution in [2.24, 2.45) is 0 Å². The third kappa shape index (κ3) is 5.66. The van der Waals surface area contributed by atoms with E-state index in [4.69, 9.17) is 0 Å². The predicted molar refractivity (Wildman–Crippen MR) is 57.4 cm³/mol. The molecule has 0 aliphatic heterocycles. The predicted octanol–water partition coefficient (Wildman–Crippen LogP) is -2.34. The monoisotopic (exact) mass is 311 g/mol. The molecule has 19 heavy (non-hydrogen) atoms. The van der Waals surface area contributed by atoms with E-state index in [-0.39, 0.29) is 68.3 Å². The number of ether oxygens (including phenoxy) is 2. The van der Waals surface area contributed by atoms with Crippen LogP contribution in [0.4, 0.5) is 0 Å². The first-order valence-corrected chi connectivity index (χ1v) is 5.71. The number of rotatable bonds is 4. The summed E-state index contributed by atoms with van der Waals surface area (Å²) in [6.07, 6.45) is 0. The molecule has 1 atom stereocenters. The van der Waals surface area contributed by atoms with Gasteiger partial charge in [-0.25, -0.2) is 9.59 Å². The first-order chi connectivity index (χ1) is 8.47. The van der Waals surface area contributed by atoms with E-state index in [0.29, 0.717) is 0 Å². The average molecular weight is 311 g/mol. The Hall–Kier alpha value is -0.344. The van der Waals surface area contributed by atoms with Gasteiger partial charge in [-0.2, -0.15) is 0 Å². The van der Waals surface area contributed by atoms with Crippen LogP contribution < -0.4 is 60.8 Å². The maximum Gasteiger partial charge on any atom is 1.00 e. The first-order valence-electron chi connectivity index (χ1n) is 4.62. The minimum absolute atomic E-state index is 0. The molecule has 0 fully saturated rings. The molecule has 0 spiro atoms. The van der Waals surface area contributed by atoms with Crippen molar-refractivity contribution < 1.29 is 84.4 Å². The molecule has 0 N–H and O–H groups in total. The summed E-state index contributed by atoms with van der Waals surface area (Å²) in [5, 5.41) is 0. The molecule has 0 amide bonds. The molecule has 9 heteroatoms. The van der Waals surface area contributed by atoms with Gasteiger partial charge in [-0.05, 0) is 10.6 Å². The summed E-state index contributed by atoms with van der Waals surface area (Å²) in [6.45, 7) is 0. The van der Waals surface area contributed by atoms with Gasteiger partial charge in [0.05, 0.1) is 25.3 Å². The second-order valence-corrected chi connectivity index (χ2v) is 3.67. The van der Waals surface area contributed by atoms with Crippen LogP contribution in [0.25, 0.3) is 0 Å². The molecule has 0 saturated heterocycles. The summed E-state index contributed by atoms with van der Waals surface area (Å²) >= 11 is 0. The second-order valence-electron chi connectivity index (χ2n) is 3.04. The second kappa shape index (κ2) is 8.75. The van der Waals surface area contributed by atoms with Crippen LogP contribution in [-0.4, -0.2) is 26.2 Å². The SMILES string of the molecule is COC(=O)c1cc(O[P+](=O)[O-])cc(C(=O)OC)c1.[K+]. The van der Waals surface area contributed by atoms with E-state index in [9.17, 15) is 19.0 Å². The quantitative estimate of drug-likeness (QED) is 0.349. The van der Waals surface area contributed by atoms with Crippen LogP contribution in [0, 0.1) is 0 Å². The Bertz CT molecular complexity index is 468. The topological polar surface area (TPSA) is 102 Å². The molecular formula is C10H9KO7P+. The zero-order valence-electron chi connectivity index (χ0n) is 10.5. The van der Waals surface area contributed by atoms with Gasteiger partial charge in [-0.3, -0.25) is 4.52 Å². The molecule has 1 aromatic carbocycles. The Balaban J connectivity index is 0.00000324. The largest absolute Gasteiger partial charge is 1.00 e. The van der Waals surface area contributed by atoms with Crippen molar-refractivity contribution in [3.63, 3.8) is 0 Å². The fraction of sp³-hybridized carbons (Fsp3) is 0.200. The third-order valence-electron chi connectivity index (χ3n) is 1.93. The Morgan fingerprint density at radius 2 is 1.47 bits per heavy atom. The number of benzene rings is 1. The smallest absolute Gasteiger partial charge is 0.558 e. The van der Waals surface area contributed by atoms with Crippen LogP contribution in [0.2, 0.25) is 0 Å². The van der Waals surface area contributed by atoms with Crippen molar-refractivity contribution >= 4 is 20.2 Å². The van der Waals surface area contributed by atoms with Crippen LogP contribution in [0.3, 0.4) is 0 Å². The maximum absolute atomic E-state index is 11.3. The minimum atomic E-state index is -3.15. The third-order valence-corrected chi connectivity index (χ3v) is 2.29. The Morgan fingerprint density at radius 1 is 1.05 bits per heavy atom. The van der Waals surface area contributed by atoms with E-state index in [1.165, 1.54) is 6.07 Å². The van der Waals surface area contributed by atoms with Crippen LogP contribution >= 0.6 is 8.25 Å². The molecule has 0 heterocycles. The molecule has 1 aromatic rings. The van der Waals surface area contributed by atoms with Crippen LogP contribution in [0.5, 0.6) is 5.75 Å². The van der Waals surface area contributed by atoms with Gasteiger partial charge < -0.3 is 14.4 Å². The molecule has 0 aromatic heterocycles. The number of carbonyl (C=O) groups is 2. The summed E-state index contributed by atoms with van der Waals surface area (Å²) in [7, 11) is -0.844. The van der Waals surface area contributed by atoms with Crippen LogP contribution in [0.1, 0.15) is 20.7 Å². The molecule has 1 rings (SSSR count). The maximum atomic E-state index is 11.3. The van der Waals surface area contributed by atoms with Crippen molar-refractivity contribution in [1.82, 2.24) is 0 Å². The zero-order chi connectivity index (χ0) is 13.7. The van der Waals surface area contributed by atoms with Crippen molar-refractivity contribution in [2.45, 2.75) is 0 Å². The van der Waals surface area contributed by atoms with Gasteiger partial charge in [0.1, 0.15) is 0 Å². The van der Waals surface area contributed by atoms with Crippen molar-refractivity contribution in [3.8, 4) is 5.75 Å². The Morgan fingerprint density at radius 3 is 1.79 bits per heavy atom. The number of hydrogen-bond donors (Lipinski definition) is 0. The molecule has 0 bridgehead atoms. The molecule has 0 radical (unpaired) electrons. The number of methoxy groups -OCH3 is 2. The Kier molecular flexibility index (Phi) is 8.59. The molecule has 1 unspecified atom stereocenters. The summed E-state index contributed by atoms with van der Waals surface area (Å²) in [5.74, 6) is -1.63. The number of carbonyl (C=O) groups excluding carboxylic acids is 2. The molecule has 0 aliphatic rings. The van der Waals surface area contributed by atoms with Crippen molar-refractivity contribution in [2.75, 3.05) is 14.2 Å². The van der Waals surface area contributed by atoms with Gasteiger partial charge in [-0.15, -0.1) is 0 Å². The van der Waals surface area contributed by atoms with E-state index < -0.39 is 20.2 Å². The molecule has 96 valence electrons. The van der Waals surface area contributed by atoms with Gasteiger partial charge in [0.25, 0.3) is 0 Å². The van der Waals surface area contributed by atoms with Crippen molar-refractivity contribution in [3.05, 3.63) is 29.3 Å². The summed E-state index contributed by atoms with van der Waals surface area (Å²) < 4.78 is 23.8. The summed E-state index contributed by atoms with van der Waals surface area (Å²) in [5.41, 5.74) is -0.0421. The van der Waals surface area contributed by atoms with E-state index >= 15 is 0 Å². The first kappa shape index (κ1) is 18.7. The van der Waals surface area contributed by atoms with Gasteiger partial charge >= 0.3 is 71.6 Å². The molecular weight excluding hydrogens is 302 g/mol. The summed E-state index contributed by atoms with van der Waals surface area (Å²) in [4.78, 5) is 33.1. The zero-order valence-corrected chi connectivity index (χ0v) is 14.6. The fourth-order valence-corrected chi connectivity index (χ4v) is 1.49. The number of esters is 2. The fourth-order valence-electron chi connectivity index (χ4n) is 1.21. The van der Waals surface area contributed by atoms with E-state index in [1.54, 1.807) is 0 Å². The normalized spacial score (nSPS) is 9.95. The molecule has 0 aliphatic carbocycles. The summed E-state index contributed by atoms with van der Waals surface area (Å²) in [6, 6.07) is 3.50. The van der Waals surface area contributed by atoms with E-state index in [1.807, 2.05) is 0 Å². The molecule has 7 nitrogen and oxygen atoms in total.